The Bertz CT molecular complexity index is 955. The summed E-state index contributed by atoms with van der Waals surface area (Å²) in [5.74, 6) is -0.741. The fourth-order valence-corrected chi connectivity index (χ4v) is 3.76. The Labute approximate surface area is 189 Å². The van der Waals surface area contributed by atoms with Crippen LogP contribution >= 0.6 is 0 Å². The molecule has 0 saturated carbocycles. The van der Waals surface area contributed by atoms with Crippen molar-refractivity contribution in [1.82, 2.24) is 14.8 Å². The zero-order valence-corrected chi connectivity index (χ0v) is 19.0. The summed E-state index contributed by atoms with van der Waals surface area (Å²) >= 11 is 0. The summed E-state index contributed by atoms with van der Waals surface area (Å²) in [5.41, 5.74) is 1.31. The summed E-state index contributed by atoms with van der Waals surface area (Å²) in [6.45, 7) is 3.92. The number of carbonyl (C=O) groups is 2. The van der Waals surface area contributed by atoms with Crippen molar-refractivity contribution in [3.05, 3.63) is 65.5 Å². The van der Waals surface area contributed by atoms with Gasteiger partial charge in [-0.25, -0.2) is 0 Å². The number of ketones is 1. The molecule has 1 aliphatic rings. The Kier molecular flexibility index (Phi) is 8.00. The molecule has 0 spiro atoms. The molecule has 0 aliphatic carbocycles. The first-order valence-electron chi connectivity index (χ1n) is 11.0. The van der Waals surface area contributed by atoms with Gasteiger partial charge in [0.15, 0.2) is 0 Å². The number of aliphatic hydroxyl groups is 1. The summed E-state index contributed by atoms with van der Waals surface area (Å²) in [4.78, 5) is 33.5. The van der Waals surface area contributed by atoms with Crippen LogP contribution in [0.4, 0.5) is 0 Å². The highest BCUT2D eigenvalue weighted by Gasteiger charge is 2.45. The summed E-state index contributed by atoms with van der Waals surface area (Å²) in [6.07, 6.45) is 5.97. The van der Waals surface area contributed by atoms with Gasteiger partial charge in [0, 0.05) is 24.5 Å². The quantitative estimate of drug-likeness (QED) is 0.265. The van der Waals surface area contributed by atoms with Crippen LogP contribution in [0.1, 0.15) is 43.4 Å². The molecule has 1 aromatic heterocycles. The predicted octanol–water partition coefficient (Wildman–Crippen LogP) is 3.63. The van der Waals surface area contributed by atoms with Crippen molar-refractivity contribution < 1.29 is 19.4 Å². The molecule has 0 bridgehead atoms. The van der Waals surface area contributed by atoms with E-state index in [9.17, 15) is 14.7 Å². The molecule has 2 aromatic rings. The van der Waals surface area contributed by atoms with E-state index in [1.807, 2.05) is 19.0 Å². The molecule has 3 rings (SSSR count). The lowest BCUT2D eigenvalue weighted by Crippen LogP contribution is -2.32. The number of hydrogen-bond acceptors (Lipinski definition) is 6. The molecule has 1 atom stereocenters. The van der Waals surface area contributed by atoms with E-state index in [1.165, 1.54) is 0 Å². The number of ether oxygens (including phenoxy) is 1. The second-order valence-corrected chi connectivity index (χ2v) is 8.16. The fraction of sp³-hybridized carbons (Fsp3) is 0.400. The normalized spacial score (nSPS) is 17.9. The third-order valence-corrected chi connectivity index (χ3v) is 5.46. The van der Waals surface area contributed by atoms with E-state index in [1.54, 1.807) is 53.7 Å². The van der Waals surface area contributed by atoms with Crippen LogP contribution in [0.2, 0.25) is 0 Å². The highest BCUT2D eigenvalue weighted by atomic mass is 16.5. The van der Waals surface area contributed by atoms with Crippen LogP contribution in [0, 0.1) is 0 Å². The van der Waals surface area contributed by atoms with E-state index in [4.69, 9.17) is 4.74 Å². The van der Waals surface area contributed by atoms with E-state index in [0.717, 1.165) is 24.9 Å². The lowest BCUT2D eigenvalue weighted by molar-refractivity contribution is -0.139. The summed E-state index contributed by atoms with van der Waals surface area (Å²) < 4.78 is 5.68. The number of aliphatic hydroxyl groups excluding tert-OH is 1. The van der Waals surface area contributed by atoms with Crippen LogP contribution in [0.15, 0.2) is 54.4 Å². The Balaban J connectivity index is 1.95. The van der Waals surface area contributed by atoms with Gasteiger partial charge in [-0.05, 0) is 75.4 Å². The molecule has 7 nitrogen and oxygen atoms in total. The van der Waals surface area contributed by atoms with Gasteiger partial charge in [-0.2, -0.15) is 0 Å². The van der Waals surface area contributed by atoms with Gasteiger partial charge >= 0.3 is 0 Å². The molecule has 2 heterocycles. The molecule has 1 amide bonds. The smallest absolute Gasteiger partial charge is 0.295 e. The molecular formula is C25H31N3O4. The first kappa shape index (κ1) is 23.5. The first-order chi connectivity index (χ1) is 15.4. The highest BCUT2D eigenvalue weighted by Crippen LogP contribution is 2.39. The molecule has 1 saturated heterocycles. The van der Waals surface area contributed by atoms with Gasteiger partial charge in [-0.15, -0.1) is 0 Å². The maximum atomic E-state index is 13.0. The molecule has 7 heteroatoms. The van der Waals surface area contributed by atoms with Crippen LogP contribution in [0.5, 0.6) is 5.75 Å². The van der Waals surface area contributed by atoms with E-state index in [2.05, 4.69) is 11.9 Å². The Morgan fingerprint density at radius 1 is 1.09 bits per heavy atom. The Morgan fingerprint density at radius 2 is 1.78 bits per heavy atom. The number of benzene rings is 1. The van der Waals surface area contributed by atoms with Crippen molar-refractivity contribution in [1.29, 1.82) is 0 Å². The number of rotatable bonds is 10. The predicted molar refractivity (Wildman–Crippen MR) is 123 cm³/mol. The highest BCUT2D eigenvalue weighted by molar-refractivity contribution is 6.46. The van der Waals surface area contributed by atoms with Crippen molar-refractivity contribution in [2.75, 3.05) is 33.8 Å². The molecule has 1 aliphatic heterocycles. The number of amides is 1. The van der Waals surface area contributed by atoms with Gasteiger partial charge in [0.05, 0.1) is 18.2 Å². The lowest BCUT2D eigenvalue weighted by Gasteiger charge is -2.25. The van der Waals surface area contributed by atoms with Crippen LogP contribution in [0.25, 0.3) is 5.76 Å². The number of aromatic nitrogens is 1. The van der Waals surface area contributed by atoms with Gasteiger partial charge in [-0.3, -0.25) is 14.6 Å². The lowest BCUT2D eigenvalue weighted by atomic mass is 9.96. The van der Waals surface area contributed by atoms with Crippen LogP contribution in [-0.4, -0.2) is 65.4 Å². The van der Waals surface area contributed by atoms with Crippen molar-refractivity contribution in [3.8, 4) is 5.75 Å². The van der Waals surface area contributed by atoms with Crippen LogP contribution in [-0.2, 0) is 9.59 Å². The van der Waals surface area contributed by atoms with Gasteiger partial charge in [0.1, 0.15) is 11.5 Å². The van der Waals surface area contributed by atoms with E-state index < -0.39 is 17.7 Å². The maximum absolute atomic E-state index is 13.0. The van der Waals surface area contributed by atoms with Crippen molar-refractivity contribution in [2.24, 2.45) is 0 Å². The number of pyridine rings is 1. The average Bonchev–Trinajstić information content (AvgIpc) is 3.04. The Hall–Kier alpha value is -3.19. The monoisotopic (exact) mass is 437 g/mol. The number of likely N-dealkylation sites (tertiary alicyclic amines) is 1. The minimum absolute atomic E-state index is 0.103. The molecule has 32 heavy (non-hydrogen) atoms. The van der Waals surface area contributed by atoms with E-state index >= 15 is 0 Å². The zero-order valence-electron chi connectivity index (χ0n) is 19.0. The molecule has 170 valence electrons. The van der Waals surface area contributed by atoms with E-state index in [0.29, 0.717) is 30.9 Å². The molecular weight excluding hydrogens is 406 g/mol. The summed E-state index contributed by atoms with van der Waals surface area (Å²) in [5, 5.41) is 11.1. The standard InChI is InChI=1S/C25H31N3O4/c1-4-5-17-32-20-9-7-19(8-10-20)23(29)21-22(18-11-13-26-14-12-18)28(25(31)24(21)30)16-6-15-27(2)3/h7-14,22,29H,4-6,15-17H2,1-3H3/b23-21+/t22-/m0/s1. The molecule has 1 aromatic carbocycles. The number of carbonyl (C=O) groups excluding carboxylic acids is 2. The number of unbranched alkanes of at least 4 members (excludes halogenated alkanes) is 1. The number of Topliss-reactive ketones (excluding diaryl/α,β-unsaturated/α-hetero) is 1. The fourth-order valence-electron chi connectivity index (χ4n) is 3.76. The molecule has 0 radical (unpaired) electrons. The van der Waals surface area contributed by atoms with E-state index in [-0.39, 0.29) is 11.3 Å². The maximum Gasteiger partial charge on any atom is 0.295 e. The largest absolute Gasteiger partial charge is 0.507 e. The second kappa shape index (κ2) is 10.9. The van der Waals surface area contributed by atoms with Gasteiger partial charge in [-0.1, -0.05) is 13.3 Å². The number of nitrogens with zero attached hydrogens (tertiary/aromatic N) is 3. The van der Waals surface area contributed by atoms with Gasteiger partial charge < -0.3 is 19.6 Å². The second-order valence-electron chi connectivity index (χ2n) is 8.16. The minimum atomic E-state index is -0.669. The van der Waals surface area contributed by atoms with Gasteiger partial charge in [0.25, 0.3) is 11.7 Å². The molecule has 0 unspecified atom stereocenters. The average molecular weight is 438 g/mol. The summed E-state index contributed by atoms with van der Waals surface area (Å²) in [7, 11) is 3.92. The topological polar surface area (TPSA) is 83.0 Å². The van der Waals surface area contributed by atoms with Crippen molar-refractivity contribution in [3.63, 3.8) is 0 Å². The van der Waals surface area contributed by atoms with Crippen LogP contribution in [0.3, 0.4) is 0 Å². The Morgan fingerprint density at radius 3 is 2.41 bits per heavy atom. The number of hydrogen-bond donors (Lipinski definition) is 1. The molecule has 1 N–H and O–H groups in total. The SMILES string of the molecule is CCCCOc1ccc(/C(O)=C2\C(=O)C(=O)N(CCCN(C)C)[C@H]2c2ccncc2)cc1. The van der Waals surface area contributed by atoms with Crippen molar-refractivity contribution in [2.45, 2.75) is 32.2 Å². The zero-order chi connectivity index (χ0) is 23.1. The van der Waals surface area contributed by atoms with Gasteiger partial charge in [0.2, 0.25) is 0 Å². The molecule has 1 fully saturated rings. The van der Waals surface area contributed by atoms with Crippen LogP contribution < -0.4 is 4.74 Å². The summed E-state index contributed by atoms with van der Waals surface area (Å²) in [6, 6.07) is 9.83. The third-order valence-electron chi connectivity index (χ3n) is 5.46. The minimum Gasteiger partial charge on any atom is -0.507 e. The third kappa shape index (κ3) is 5.34. The first-order valence-corrected chi connectivity index (χ1v) is 11.0. The van der Waals surface area contributed by atoms with Crippen molar-refractivity contribution >= 4 is 17.4 Å².